The fraction of sp³-hybridized carbons (Fsp3) is 0.360. The quantitative estimate of drug-likeness (QED) is 0.484. The van der Waals surface area contributed by atoms with Gasteiger partial charge in [-0.15, -0.1) is 0 Å². The number of halogens is 1. The van der Waals surface area contributed by atoms with Gasteiger partial charge in [-0.05, 0) is 54.7 Å². The maximum Gasteiger partial charge on any atom is 0.337 e. The number of hydrogen-bond donors (Lipinski definition) is 2. The van der Waals surface area contributed by atoms with Crippen LogP contribution in [0.2, 0.25) is 0 Å². The Morgan fingerprint density at radius 2 is 1.90 bits per heavy atom. The van der Waals surface area contributed by atoms with Gasteiger partial charge in [-0.1, -0.05) is 32.3 Å². The zero-order valence-electron chi connectivity index (χ0n) is 17.9. The number of anilines is 1. The van der Waals surface area contributed by atoms with Crippen LogP contribution >= 0.6 is 0 Å². The summed E-state index contributed by atoms with van der Waals surface area (Å²) in [6, 6.07) is 9.91. The van der Waals surface area contributed by atoms with E-state index >= 15 is 0 Å². The number of benzene rings is 2. The number of aromatic amines is 1. The van der Waals surface area contributed by atoms with Gasteiger partial charge in [-0.25, -0.2) is 9.18 Å². The van der Waals surface area contributed by atoms with Crippen molar-refractivity contribution in [2.45, 2.75) is 51.4 Å². The Kier molecular flexibility index (Phi) is 6.07. The average Bonchev–Trinajstić information content (AvgIpc) is 3.18. The van der Waals surface area contributed by atoms with Gasteiger partial charge in [-0.2, -0.15) is 0 Å². The van der Waals surface area contributed by atoms with Gasteiger partial charge in [0.2, 0.25) is 5.91 Å². The summed E-state index contributed by atoms with van der Waals surface area (Å²) in [6.45, 7) is 1.78. The fourth-order valence-electron chi connectivity index (χ4n) is 4.56. The Morgan fingerprint density at radius 3 is 2.61 bits per heavy atom. The van der Waals surface area contributed by atoms with Crippen molar-refractivity contribution in [3.8, 4) is 11.3 Å². The first-order chi connectivity index (χ1) is 15.0. The van der Waals surface area contributed by atoms with E-state index in [4.69, 9.17) is 4.74 Å². The molecule has 162 valence electrons. The van der Waals surface area contributed by atoms with Gasteiger partial charge < -0.3 is 15.0 Å². The zero-order chi connectivity index (χ0) is 22.0. The molecule has 1 amide bonds. The molecular formula is C25H27FN2O3. The standard InChI is InChI=1S/C25H27FN2O3/c1-3-22(29)27-20-12-10-17(26)14-19(20)24-23(15-7-5-4-6-8-15)18-11-9-16(25(30)31-2)13-21(18)28-24/h9-15,28H,3-8H2,1-2H3,(H,27,29). The molecule has 0 bridgehead atoms. The number of esters is 1. The highest BCUT2D eigenvalue weighted by Gasteiger charge is 2.26. The van der Waals surface area contributed by atoms with Crippen molar-refractivity contribution < 1.29 is 18.7 Å². The van der Waals surface area contributed by atoms with Crippen molar-refractivity contribution >= 4 is 28.5 Å². The van der Waals surface area contributed by atoms with Gasteiger partial charge in [0.15, 0.2) is 0 Å². The molecule has 0 aliphatic heterocycles. The lowest BCUT2D eigenvalue weighted by Crippen LogP contribution is -2.11. The minimum absolute atomic E-state index is 0.129. The SMILES string of the molecule is CCC(=O)Nc1ccc(F)cc1-c1[nH]c2cc(C(=O)OC)ccc2c1C1CCCCC1. The number of fused-ring (bicyclic) bond motifs is 1. The monoisotopic (exact) mass is 422 g/mol. The molecule has 0 radical (unpaired) electrons. The summed E-state index contributed by atoms with van der Waals surface area (Å²) in [5, 5.41) is 3.92. The second-order valence-electron chi connectivity index (χ2n) is 8.09. The highest BCUT2D eigenvalue weighted by Crippen LogP contribution is 2.44. The van der Waals surface area contributed by atoms with Crippen LogP contribution in [-0.4, -0.2) is 24.0 Å². The summed E-state index contributed by atoms with van der Waals surface area (Å²) in [5.41, 5.74) is 4.38. The number of rotatable bonds is 5. The summed E-state index contributed by atoms with van der Waals surface area (Å²) in [5.74, 6) is -0.567. The van der Waals surface area contributed by atoms with Gasteiger partial charge in [0.1, 0.15) is 5.82 Å². The number of amides is 1. The molecule has 0 saturated heterocycles. The van der Waals surface area contributed by atoms with E-state index in [9.17, 15) is 14.0 Å². The van der Waals surface area contributed by atoms with Gasteiger partial charge in [0.05, 0.1) is 24.1 Å². The van der Waals surface area contributed by atoms with Crippen LogP contribution in [0.15, 0.2) is 36.4 Å². The van der Waals surface area contributed by atoms with Gasteiger partial charge >= 0.3 is 5.97 Å². The topological polar surface area (TPSA) is 71.2 Å². The molecule has 3 aromatic rings. The highest BCUT2D eigenvalue weighted by atomic mass is 19.1. The second-order valence-corrected chi connectivity index (χ2v) is 8.09. The Balaban J connectivity index is 1.93. The molecule has 4 rings (SSSR count). The highest BCUT2D eigenvalue weighted by molar-refractivity contribution is 6.01. The van der Waals surface area contributed by atoms with E-state index in [1.54, 1.807) is 25.1 Å². The Labute approximate surface area is 181 Å². The van der Waals surface area contributed by atoms with E-state index in [1.165, 1.54) is 25.7 Å². The van der Waals surface area contributed by atoms with Crippen molar-refractivity contribution in [2.24, 2.45) is 0 Å². The van der Waals surface area contributed by atoms with Crippen LogP contribution in [0.4, 0.5) is 10.1 Å². The normalized spacial score (nSPS) is 14.5. The van der Waals surface area contributed by atoms with Crippen molar-refractivity contribution in [3.63, 3.8) is 0 Å². The number of carbonyl (C=O) groups is 2. The summed E-state index contributed by atoms with van der Waals surface area (Å²) in [6.07, 6.45) is 5.98. The van der Waals surface area contributed by atoms with Crippen LogP contribution in [0.3, 0.4) is 0 Å². The van der Waals surface area contributed by atoms with Crippen LogP contribution in [-0.2, 0) is 9.53 Å². The summed E-state index contributed by atoms with van der Waals surface area (Å²) >= 11 is 0. The number of aromatic nitrogens is 1. The molecule has 1 aromatic heterocycles. The van der Waals surface area contributed by atoms with Crippen molar-refractivity contribution in [3.05, 3.63) is 53.3 Å². The van der Waals surface area contributed by atoms with Gasteiger partial charge in [-0.3, -0.25) is 4.79 Å². The Hall–Kier alpha value is -3.15. The number of ether oxygens (including phenoxy) is 1. The molecule has 1 fully saturated rings. The minimum Gasteiger partial charge on any atom is -0.465 e. The molecule has 1 aliphatic carbocycles. The van der Waals surface area contributed by atoms with Gasteiger partial charge in [0, 0.05) is 22.9 Å². The van der Waals surface area contributed by atoms with E-state index < -0.39 is 5.97 Å². The Morgan fingerprint density at radius 1 is 1.13 bits per heavy atom. The average molecular weight is 423 g/mol. The maximum atomic E-state index is 14.3. The molecule has 1 aliphatic rings. The molecule has 1 saturated carbocycles. The van der Waals surface area contributed by atoms with Gasteiger partial charge in [0.25, 0.3) is 0 Å². The summed E-state index contributed by atoms with van der Waals surface area (Å²) in [4.78, 5) is 27.6. The third-order valence-corrected chi connectivity index (χ3v) is 6.12. The summed E-state index contributed by atoms with van der Waals surface area (Å²) < 4.78 is 19.2. The smallest absolute Gasteiger partial charge is 0.337 e. The molecule has 0 spiro atoms. The van der Waals surface area contributed by atoms with Crippen LogP contribution in [0.25, 0.3) is 22.2 Å². The lowest BCUT2D eigenvalue weighted by Gasteiger charge is -2.23. The van der Waals surface area contributed by atoms with Crippen molar-refractivity contribution in [1.29, 1.82) is 0 Å². The van der Waals surface area contributed by atoms with Crippen LogP contribution < -0.4 is 5.32 Å². The Bertz CT molecular complexity index is 1130. The van der Waals surface area contributed by atoms with Crippen LogP contribution in [0, 0.1) is 5.82 Å². The lowest BCUT2D eigenvalue weighted by atomic mass is 9.81. The van der Waals surface area contributed by atoms with Crippen molar-refractivity contribution in [1.82, 2.24) is 4.98 Å². The predicted octanol–water partition coefficient (Wildman–Crippen LogP) is 6.16. The zero-order valence-corrected chi connectivity index (χ0v) is 17.9. The molecule has 6 heteroatoms. The number of H-pyrrole nitrogens is 1. The molecule has 31 heavy (non-hydrogen) atoms. The molecule has 5 nitrogen and oxygen atoms in total. The van der Waals surface area contributed by atoms with Crippen LogP contribution in [0.5, 0.6) is 0 Å². The largest absolute Gasteiger partial charge is 0.465 e. The lowest BCUT2D eigenvalue weighted by molar-refractivity contribution is -0.115. The first-order valence-corrected chi connectivity index (χ1v) is 10.9. The first-order valence-electron chi connectivity index (χ1n) is 10.9. The summed E-state index contributed by atoms with van der Waals surface area (Å²) in [7, 11) is 1.36. The minimum atomic E-state index is -0.404. The predicted molar refractivity (Wildman–Crippen MR) is 120 cm³/mol. The van der Waals surface area contributed by atoms with Crippen LogP contribution in [0.1, 0.15) is 67.3 Å². The molecule has 2 N–H and O–H groups in total. The number of carbonyl (C=O) groups excluding carboxylic acids is 2. The van der Waals surface area contributed by atoms with E-state index in [0.717, 1.165) is 47.8 Å². The van der Waals surface area contributed by atoms with E-state index in [1.807, 2.05) is 6.07 Å². The fourth-order valence-corrected chi connectivity index (χ4v) is 4.56. The van der Waals surface area contributed by atoms with E-state index in [-0.39, 0.29) is 11.7 Å². The van der Waals surface area contributed by atoms with Crippen molar-refractivity contribution in [2.75, 3.05) is 12.4 Å². The second kappa shape index (κ2) is 8.92. The van der Waals surface area contributed by atoms with E-state index in [2.05, 4.69) is 10.3 Å². The molecule has 0 unspecified atom stereocenters. The first kappa shape index (κ1) is 21.1. The number of hydrogen-bond acceptors (Lipinski definition) is 3. The molecule has 0 atom stereocenters. The molecule has 2 aromatic carbocycles. The molecule has 1 heterocycles. The number of nitrogens with one attached hydrogen (secondary N) is 2. The maximum absolute atomic E-state index is 14.3. The third-order valence-electron chi connectivity index (χ3n) is 6.12. The number of methoxy groups -OCH3 is 1. The van der Waals surface area contributed by atoms with E-state index in [0.29, 0.717) is 29.2 Å². The third kappa shape index (κ3) is 4.20. The molecular weight excluding hydrogens is 395 g/mol.